The Labute approximate surface area is 182 Å². The van der Waals surface area contributed by atoms with E-state index in [9.17, 15) is 14.9 Å². The second-order valence-corrected chi connectivity index (χ2v) is 7.68. The Kier molecular flexibility index (Phi) is 6.35. The van der Waals surface area contributed by atoms with E-state index in [1.165, 1.54) is 4.68 Å². The first-order valence-corrected chi connectivity index (χ1v) is 10.4. The number of anilines is 2. The Bertz CT molecular complexity index is 1120. The van der Waals surface area contributed by atoms with Crippen LogP contribution in [-0.4, -0.2) is 38.7 Å². The first-order valence-electron chi connectivity index (χ1n) is 9.58. The number of hydrogen-bond donors (Lipinski definition) is 1. The van der Waals surface area contributed by atoms with Crippen molar-refractivity contribution in [1.82, 2.24) is 14.8 Å². The summed E-state index contributed by atoms with van der Waals surface area (Å²) >= 11 is 3.15. The summed E-state index contributed by atoms with van der Waals surface area (Å²) in [5, 5.41) is 18.7. The Morgan fingerprint density at radius 1 is 1.27 bits per heavy atom. The predicted octanol–water partition coefficient (Wildman–Crippen LogP) is 4.20. The number of nitrogens with one attached hydrogen (secondary N) is 1. The largest absolute Gasteiger partial charge is 0.404 e. The Morgan fingerprint density at radius 2 is 1.97 bits per heavy atom. The number of nitro groups is 1. The summed E-state index contributed by atoms with van der Waals surface area (Å²) in [6.07, 6.45) is 0. The fourth-order valence-corrected chi connectivity index (χ4v) is 3.71. The smallest absolute Gasteiger partial charge is 0.358 e. The molecule has 3 aromatic rings. The van der Waals surface area contributed by atoms with Crippen molar-refractivity contribution < 1.29 is 9.72 Å². The van der Waals surface area contributed by atoms with Crippen LogP contribution in [0.3, 0.4) is 0 Å². The molecule has 0 atom stereocenters. The van der Waals surface area contributed by atoms with Crippen molar-refractivity contribution in [3.8, 4) is 0 Å². The van der Waals surface area contributed by atoms with Gasteiger partial charge >= 0.3 is 5.82 Å². The lowest BCUT2D eigenvalue weighted by Crippen LogP contribution is -2.23. The number of halogens is 1. The molecule has 9 nitrogen and oxygen atoms in total. The molecule has 158 valence electrons. The van der Waals surface area contributed by atoms with E-state index < -0.39 is 4.92 Å². The molecule has 10 heteroatoms. The molecule has 0 aliphatic carbocycles. The van der Waals surface area contributed by atoms with Crippen molar-refractivity contribution in [3.63, 3.8) is 0 Å². The first-order chi connectivity index (χ1) is 14.2. The molecule has 0 bridgehead atoms. The van der Waals surface area contributed by atoms with Crippen LogP contribution in [0.2, 0.25) is 0 Å². The highest BCUT2D eigenvalue weighted by Crippen LogP contribution is 2.27. The standard InChI is InChI=1S/C20H23BrN6O3/c1-5-25(6-2)17-9-12(3)15-10-14(7-8-16(15)23-17)22-18(28)11-26-13(4)19(21)20(24-26)27(29)30/h7-10H,5-6,11H2,1-4H3,(H,22,28). The van der Waals surface area contributed by atoms with Crippen molar-refractivity contribution in [1.29, 1.82) is 0 Å². The van der Waals surface area contributed by atoms with E-state index >= 15 is 0 Å². The number of aromatic nitrogens is 3. The molecule has 30 heavy (non-hydrogen) atoms. The van der Waals surface area contributed by atoms with Crippen molar-refractivity contribution in [3.05, 3.63) is 50.1 Å². The monoisotopic (exact) mass is 474 g/mol. The second kappa shape index (κ2) is 8.78. The fraction of sp³-hybridized carbons (Fsp3) is 0.350. The van der Waals surface area contributed by atoms with Gasteiger partial charge in [-0.1, -0.05) is 0 Å². The van der Waals surface area contributed by atoms with Gasteiger partial charge < -0.3 is 20.3 Å². The number of rotatable bonds is 7. The summed E-state index contributed by atoms with van der Waals surface area (Å²) < 4.78 is 1.58. The van der Waals surface area contributed by atoms with Crippen molar-refractivity contribution in [2.75, 3.05) is 23.3 Å². The van der Waals surface area contributed by atoms with Gasteiger partial charge in [0, 0.05) is 24.2 Å². The summed E-state index contributed by atoms with van der Waals surface area (Å²) in [7, 11) is 0. The SMILES string of the molecule is CCN(CC)c1cc(C)c2cc(NC(=O)Cn3nc([N+](=O)[O-])c(Br)c3C)ccc2n1. The number of benzene rings is 1. The molecule has 3 rings (SSSR count). The van der Waals surface area contributed by atoms with Crippen LogP contribution in [0.1, 0.15) is 25.1 Å². The van der Waals surface area contributed by atoms with E-state index in [4.69, 9.17) is 4.98 Å². The topological polar surface area (TPSA) is 106 Å². The maximum Gasteiger partial charge on any atom is 0.404 e. The average Bonchev–Trinajstić information content (AvgIpc) is 2.98. The van der Waals surface area contributed by atoms with Crippen LogP contribution in [0.25, 0.3) is 10.9 Å². The van der Waals surface area contributed by atoms with Crippen molar-refractivity contribution in [2.24, 2.45) is 0 Å². The Morgan fingerprint density at radius 3 is 2.57 bits per heavy atom. The molecule has 1 N–H and O–H groups in total. The minimum atomic E-state index is -0.586. The molecule has 2 heterocycles. The van der Waals surface area contributed by atoms with Gasteiger partial charge in [-0.15, -0.1) is 0 Å². The van der Waals surface area contributed by atoms with Crippen LogP contribution in [0.15, 0.2) is 28.7 Å². The normalized spacial score (nSPS) is 11.0. The quantitative estimate of drug-likeness (QED) is 0.406. The van der Waals surface area contributed by atoms with Gasteiger partial charge in [-0.25, -0.2) is 4.98 Å². The summed E-state index contributed by atoms with van der Waals surface area (Å²) in [5.41, 5.74) is 3.07. The van der Waals surface area contributed by atoms with Gasteiger partial charge in [-0.3, -0.25) is 4.79 Å². The van der Waals surface area contributed by atoms with Gasteiger partial charge in [0.05, 0.1) is 16.3 Å². The van der Waals surface area contributed by atoms with Crippen LogP contribution in [0, 0.1) is 24.0 Å². The van der Waals surface area contributed by atoms with E-state index in [1.807, 2.05) is 25.1 Å². The molecular formula is C20H23BrN6O3. The van der Waals surface area contributed by atoms with E-state index in [0.29, 0.717) is 11.4 Å². The van der Waals surface area contributed by atoms with Gasteiger partial charge in [-0.05, 0) is 78.4 Å². The van der Waals surface area contributed by atoms with Crippen molar-refractivity contribution >= 4 is 50.1 Å². The summed E-state index contributed by atoms with van der Waals surface area (Å²) in [5.74, 6) is 0.299. The van der Waals surface area contributed by atoms with Crippen LogP contribution >= 0.6 is 15.9 Å². The zero-order chi connectivity index (χ0) is 22.0. The van der Waals surface area contributed by atoms with Crippen LogP contribution in [-0.2, 0) is 11.3 Å². The highest BCUT2D eigenvalue weighted by Gasteiger charge is 2.24. The molecule has 1 aromatic carbocycles. The Balaban J connectivity index is 1.82. The minimum absolute atomic E-state index is 0.131. The maximum atomic E-state index is 12.5. The van der Waals surface area contributed by atoms with Gasteiger partial charge in [-0.2, -0.15) is 4.68 Å². The molecule has 2 aromatic heterocycles. The van der Waals surface area contributed by atoms with Gasteiger partial charge in [0.25, 0.3) is 0 Å². The van der Waals surface area contributed by atoms with Gasteiger partial charge in [0.2, 0.25) is 5.91 Å². The molecule has 0 saturated heterocycles. The van der Waals surface area contributed by atoms with Crippen molar-refractivity contribution in [2.45, 2.75) is 34.2 Å². The first kappa shape index (κ1) is 21.7. The summed E-state index contributed by atoms with van der Waals surface area (Å²) in [4.78, 5) is 29.8. The predicted molar refractivity (Wildman–Crippen MR) is 120 cm³/mol. The lowest BCUT2D eigenvalue weighted by molar-refractivity contribution is -0.390. The third-order valence-corrected chi connectivity index (χ3v) is 5.88. The zero-order valence-corrected chi connectivity index (χ0v) is 18.9. The lowest BCUT2D eigenvalue weighted by Gasteiger charge is -2.21. The number of carbonyl (C=O) groups excluding carboxylic acids is 1. The summed E-state index contributed by atoms with van der Waals surface area (Å²) in [6.45, 7) is 9.50. The number of fused-ring (bicyclic) bond motifs is 1. The molecule has 0 unspecified atom stereocenters. The third-order valence-electron chi connectivity index (χ3n) is 4.96. The number of carbonyl (C=O) groups is 1. The molecule has 0 radical (unpaired) electrons. The fourth-order valence-electron chi connectivity index (χ4n) is 3.28. The zero-order valence-electron chi connectivity index (χ0n) is 17.3. The summed E-state index contributed by atoms with van der Waals surface area (Å²) in [6, 6.07) is 7.61. The molecular weight excluding hydrogens is 452 g/mol. The minimum Gasteiger partial charge on any atom is -0.358 e. The number of pyridine rings is 1. The second-order valence-electron chi connectivity index (χ2n) is 6.89. The number of hydrogen-bond acceptors (Lipinski definition) is 6. The van der Waals surface area contributed by atoms with Gasteiger partial charge in [0.15, 0.2) is 0 Å². The number of nitrogens with zero attached hydrogens (tertiary/aromatic N) is 5. The number of aryl methyl sites for hydroxylation is 1. The maximum absolute atomic E-state index is 12.5. The molecule has 0 fully saturated rings. The van der Waals surface area contributed by atoms with E-state index in [0.717, 1.165) is 35.4 Å². The van der Waals surface area contributed by atoms with E-state index in [-0.39, 0.29) is 22.7 Å². The highest BCUT2D eigenvalue weighted by molar-refractivity contribution is 9.10. The van der Waals surface area contributed by atoms with E-state index in [1.54, 1.807) is 13.0 Å². The van der Waals surface area contributed by atoms with Crippen LogP contribution in [0.4, 0.5) is 17.3 Å². The average molecular weight is 475 g/mol. The highest BCUT2D eigenvalue weighted by atomic mass is 79.9. The van der Waals surface area contributed by atoms with Gasteiger partial charge in [0.1, 0.15) is 16.8 Å². The number of amides is 1. The lowest BCUT2D eigenvalue weighted by atomic mass is 10.1. The molecule has 0 saturated carbocycles. The van der Waals surface area contributed by atoms with Crippen LogP contribution < -0.4 is 10.2 Å². The Hall–Kier alpha value is -3.01. The third kappa shape index (κ3) is 4.28. The van der Waals surface area contributed by atoms with E-state index in [2.05, 4.69) is 45.1 Å². The molecule has 0 aliphatic heterocycles. The molecule has 0 spiro atoms. The molecule has 1 amide bonds. The molecule has 0 aliphatic rings. The van der Waals surface area contributed by atoms with Crippen LogP contribution in [0.5, 0.6) is 0 Å².